The first-order valence-electron chi connectivity index (χ1n) is 5.99. The van der Waals surface area contributed by atoms with E-state index < -0.39 is 6.36 Å². The van der Waals surface area contributed by atoms with Gasteiger partial charge in [0.15, 0.2) is 0 Å². The van der Waals surface area contributed by atoms with Gasteiger partial charge in [-0.05, 0) is 23.3 Å². The van der Waals surface area contributed by atoms with Gasteiger partial charge in [-0.2, -0.15) is 11.8 Å². The van der Waals surface area contributed by atoms with E-state index in [1.807, 2.05) is 30.3 Å². The van der Waals surface area contributed by atoms with Gasteiger partial charge in [0.25, 0.3) is 0 Å². The van der Waals surface area contributed by atoms with Crippen LogP contribution in [0, 0.1) is 0 Å². The van der Waals surface area contributed by atoms with Gasteiger partial charge in [0, 0.05) is 11.5 Å². The van der Waals surface area contributed by atoms with Crippen LogP contribution >= 0.6 is 11.8 Å². The molecular formula is C15H13F3OS. The molecule has 0 aliphatic rings. The highest BCUT2D eigenvalue weighted by atomic mass is 32.2. The predicted octanol–water partition coefficient (Wildman–Crippen LogP) is 5.02. The van der Waals surface area contributed by atoms with E-state index in [4.69, 9.17) is 0 Å². The van der Waals surface area contributed by atoms with Gasteiger partial charge < -0.3 is 4.74 Å². The van der Waals surface area contributed by atoms with Gasteiger partial charge in [0.2, 0.25) is 0 Å². The van der Waals surface area contributed by atoms with Crippen LogP contribution in [0.1, 0.15) is 11.1 Å². The second kappa shape index (κ2) is 6.70. The zero-order chi connectivity index (χ0) is 14.4. The minimum atomic E-state index is -4.64. The van der Waals surface area contributed by atoms with Crippen LogP contribution in [0.25, 0.3) is 0 Å². The van der Waals surface area contributed by atoms with E-state index in [2.05, 4.69) is 4.74 Å². The van der Waals surface area contributed by atoms with Gasteiger partial charge in [0.05, 0.1) is 0 Å². The number of hydrogen-bond acceptors (Lipinski definition) is 2. The molecule has 0 fully saturated rings. The molecule has 0 aliphatic carbocycles. The highest BCUT2D eigenvalue weighted by molar-refractivity contribution is 7.97. The first kappa shape index (κ1) is 14.8. The summed E-state index contributed by atoms with van der Waals surface area (Å²) >= 11 is 1.72. The molecule has 0 amide bonds. The number of hydrogen-bond donors (Lipinski definition) is 0. The number of alkyl halides is 3. The molecule has 0 atom stereocenters. The van der Waals surface area contributed by atoms with E-state index in [9.17, 15) is 13.2 Å². The van der Waals surface area contributed by atoms with Gasteiger partial charge in [-0.3, -0.25) is 0 Å². The molecule has 0 saturated heterocycles. The SMILES string of the molecule is FC(F)(F)Oc1ccc(CSCc2ccccc2)cc1. The minimum Gasteiger partial charge on any atom is -0.406 e. The molecule has 0 unspecified atom stereocenters. The summed E-state index contributed by atoms with van der Waals surface area (Å²) in [4.78, 5) is 0. The van der Waals surface area contributed by atoms with Crippen molar-refractivity contribution in [3.63, 3.8) is 0 Å². The minimum absolute atomic E-state index is 0.186. The molecule has 0 aromatic heterocycles. The lowest BCUT2D eigenvalue weighted by atomic mass is 10.2. The van der Waals surface area contributed by atoms with Crippen molar-refractivity contribution in [2.45, 2.75) is 17.9 Å². The fourth-order valence-electron chi connectivity index (χ4n) is 1.65. The molecule has 0 heterocycles. The van der Waals surface area contributed by atoms with Crippen LogP contribution in [0.2, 0.25) is 0 Å². The Balaban J connectivity index is 1.82. The highest BCUT2D eigenvalue weighted by Crippen LogP contribution is 2.24. The van der Waals surface area contributed by atoms with Crippen molar-refractivity contribution in [3.8, 4) is 5.75 Å². The summed E-state index contributed by atoms with van der Waals surface area (Å²) in [7, 11) is 0. The molecule has 0 radical (unpaired) electrons. The molecular weight excluding hydrogens is 285 g/mol. The van der Waals surface area contributed by atoms with Crippen LogP contribution in [0.5, 0.6) is 5.75 Å². The molecule has 0 bridgehead atoms. The summed E-state index contributed by atoms with van der Waals surface area (Å²) in [5.41, 5.74) is 2.20. The van der Waals surface area contributed by atoms with Crippen LogP contribution in [-0.4, -0.2) is 6.36 Å². The van der Waals surface area contributed by atoms with Crippen molar-refractivity contribution >= 4 is 11.8 Å². The summed E-state index contributed by atoms with van der Waals surface area (Å²) in [6.07, 6.45) is -4.64. The van der Waals surface area contributed by atoms with E-state index in [-0.39, 0.29) is 5.75 Å². The lowest BCUT2D eigenvalue weighted by molar-refractivity contribution is -0.274. The van der Waals surface area contributed by atoms with Gasteiger partial charge in [-0.25, -0.2) is 0 Å². The molecule has 0 saturated carbocycles. The van der Waals surface area contributed by atoms with Crippen LogP contribution in [0.4, 0.5) is 13.2 Å². The maximum atomic E-state index is 12.0. The van der Waals surface area contributed by atoms with Crippen molar-refractivity contribution < 1.29 is 17.9 Å². The Morgan fingerprint density at radius 2 is 1.35 bits per heavy atom. The summed E-state index contributed by atoms with van der Waals surface area (Å²) < 4.78 is 39.8. The Bertz CT molecular complexity index is 523. The maximum Gasteiger partial charge on any atom is 0.573 e. The van der Waals surface area contributed by atoms with Crippen molar-refractivity contribution in [2.75, 3.05) is 0 Å². The maximum absolute atomic E-state index is 12.0. The van der Waals surface area contributed by atoms with E-state index in [0.717, 1.165) is 17.1 Å². The van der Waals surface area contributed by atoms with Gasteiger partial charge in [-0.15, -0.1) is 13.2 Å². The Morgan fingerprint density at radius 1 is 0.800 bits per heavy atom. The normalized spacial score (nSPS) is 11.3. The number of halogens is 3. The zero-order valence-corrected chi connectivity index (χ0v) is 11.4. The van der Waals surface area contributed by atoms with Crippen LogP contribution < -0.4 is 4.74 Å². The third kappa shape index (κ3) is 5.17. The van der Waals surface area contributed by atoms with E-state index in [1.165, 1.54) is 17.7 Å². The van der Waals surface area contributed by atoms with Crippen molar-refractivity contribution in [1.29, 1.82) is 0 Å². The van der Waals surface area contributed by atoms with Gasteiger partial charge >= 0.3 is 6.36 Å². The monoisotopic (exact) mass is 298 g/mol. The summed E-state index contributed by atoms with van der Waals surface area (Å²) in [6, 6.07) is 16.0. The third-order valence-corrected chi connectivity index (χ3v) is 3.61. The second-order valence-electron chi connectivity index (χ2n) is 4.17. The lowest BCUT2D eigenvalue weighted by Crippen LogP contribution is -2.16. The number of benzene rings is 2. The Kier molecular flexibility index (Phi) is 4.95. The molecule has 0 aliphatic heterocycles. The molecule has 0 N–H and O–H groups in total. The number of rotatable bonds is 5. The molecule has 2 aromatic rings. The van der Waals surface area contributed by atoms with Gasteiger partial charge in [-0.1, -0.05) is 42.5 Å². The summed E-state index contributed by atoms with van der Waals surface area (Å²) in [6.45, 7) is 0. The second-order valence-corrected chi connectivity index (χ2v) is 5.16. The third-order valence-electron chi connectivity index (χ3n) is 2.54. The molecule has 5 heteroatoms. The zero-order valence-electron chi connectivity index (χ0n) is 10.6. The van der Waals surface area contributed by atoms with Crippen molar-refractivity contribution in [3.05, 3.63) is 65.7 Å². The smallest absolute Gasteiger partial charge is 0.406 e. The van der Waals surface area contributed by atoms with Crippen LogP contribution in [0.3, 0.4) is 0 Å². The molecule has 106 valence electrons. The molecule has 2 aromatic carbocycles. The first-order chi connectivity index (χ1) is 9.53. The lowest BCUT2D eigenvalue weighted by Gasteiger charge is -2.09. The van der Waals surface area contributed by atoms with Gasteiger partial charge in [0.1, 0.15) is 5.75 Å². The van der Waals surface area contributed by atoms with Crippen molar-refractivity contribution in [1.82, 2.24) is 0 Å². The predicted molar refractivity (Wildman–Crippen MR) is 74.6 cm³/mol. The average molecular weight is 298 g/mol. The number of thioether (sulfide) groups is 1. The van der Waals surface area contributed by atoms with Crippen LogP contribution in [-0.2, 0) is 11.5 Å². The largest absolute Gasteiger partial charge is 0.573 e. The highest BCUT2D eigenvalue weighted by Gasteiger charge is 2.30. The van der Waals surface area contributed by atoms with E-state index in [1.54, 1.807) is 23.9 Å². The summed E-state index contributed by atoms with van der Waals surface area (Å²) in [5.74, 6) is 1.44. The Morgan fingerprint density at radius 3 is 1.90 bits per heavy atom. The fraction of sp³-hybridized carbons (Fsp3) is 0.200. The quantitative estimate of drug-likeness (QED) is 0.766. The molecule has 0 spiro atoms. The Hall–Kier alpha value is -1.62. The molecule has 20 heavy (non-hydrogen) atoms. The topological polar surface area (TPSA) is 9.23 Å². The first-order valence-corrected chi connectivity index (χ1v) is 7.15. The summed E-state index contributed by atoms with van der Waals surface area (Å²) in [5, 5.41) is 0. The Labute approximate surface area is 119 Å². The van der Waals surface area contributed by atoms with E-state index in [0.29, 0.717) is 0 Å². The van der Waals surface area contributed by atoms with E-state index >= 15 is 0 Å². The average Bonchev–Trinajstić information content (AvgIpc) is 2.40. The number of ether oxygens (including phenoxy) is 1. The van der Waals surface area contributed by atoms with Crippen molar-refractivity contribution in [2.24, 2.45) is 0 Å². The standard InChI is InChI=1S/C15H13F3OS/c16-15(17,18)19-14-8-6-13(7-9-14)11-20-10-12-4-2-1-3-5-12/h1-9H,10-11H2. The molecule has 2 rings (SSSR count). The molecule has 1 nitrogen and oxygen atoms in total. The van der Waals surface area contributed by atoms with Crippen LogP contribution in [0.15, 0.2) is 54.6 Å². The fourth-order valence-corrected chi connectivity index (χ4v) is 2.61.